The van der Waals surface area contributed by atoms with E-state index in [-0.39, 0.29) is 18.7 Å². The highest BCUT2D eigenvalue weighted by molar-refractivity contribution is 6.03. The molecule has 0 aromatic heterocycles. The van der Waals surface area contributed by atoms with Gasteiger partial charge in [-0.15, -0.1) is 0 Å². The van der Waals surface area contributed by atoms with Gasteiger partial charge in [-0.05, 0) is 35.9 Å². The Kier molecular flexibility index (Phi) is 4.35. The van der Waals surface area contributed by atoms with Gasteiger partial charge in [0.2, 0.25) is 12.7 Å². The minimum atomic E-state index is -0.206. The minimum absolute atomic E-state index is 0.120. The van der Waals surface area contributed by atoms with Gasteiger partial charge in [0.05, 0.1) is 26.0 Å². The normalized spacial score (nSPS) is 17.7. The van der Waals surface area contributed by atoms with Crippen LogP contribution in [-0.4, -0.2) is 37.6 Å². The maximum atomic E-state index is 12.2. The van der Waals surface area contributed by atoms with E-state index < -0.39 is 0 Å². The molecule has 0 bridgehead atoms. The van der Waals surface area contributed by atoms with Crippen molar-refractivity contribution in [3.05, 3.63) is 47.5 Å². The number of methoxy groups -OCH3 is 2. The summed E-state index contributed by atoms with van der Waals surface area (Å²) in [7, 11) is 3.18. The van der Waals surface area contributed by atoms with E-state index in [9.17, 15) is 4.79 Å². The van der Waals surface area contributed by atoms with Crippen LogP contribution >= 0.6 is 0 Å². The fourth-order valence-electron chi connectivity index (χ4n) is 3.37. The summed E-state index contributed by atoms with van der Waals surface area (Å²) in [4.78, 5) is 12.2. The fraction of sp³-hybridized carbons (Fsp3) is 0.300. The van der Waals surface area contributed by atoms with E-state index in [1.165, 1.54) is 11.9 Å². The van der Waals surface area contributed by atoms with Gasteiger partial charge in [0.25, 0.3) is 0 Å². The van der Waals surface area contributed by atoms with Gasteiger partial charge in [0, 0.05) is 18.9 Å². The number of nitrogens with zero attached hydrogens (tertiary/aromatic N) is 2. The third-order valence-corrected chi connectivity index (χ3v) is 4.73. The number of hydrogen-bond acceptors (Lipinski definition) is 6. The third-order valence-electron chi connectivity index (χ3n) is 4.73. The van der Waals surface area contributed by atoms with Crippen LogP contribution in [0.1, 0.15) is 30.5 Å². The van der Waals surface area contributed by atoms with Gasteiger partial charge in [0.1, 0.15) is 0 Å². The lowest BCUT2D eigenvalue weighted by molar-refractivity contribution is -0.130. The molecule has 0 N–H and O–H groups in total. The Labute approximate surface area is 157 Å². The van der Waals surface area contributed by atoms with Crippen molar-refractivity contribution in [3.63, 3.8) is 0 Å². The second-order valence-electron chi connectivity index (χ2n) is 6.31. The van der Waals surface area contributed by atoms with Crippen molar-refractivity contribution in [2.45, 2.75) is 19.4 Å². The Morgan fingerprint density at radius 3 is 2.59 bits per heavy atom. The summed E-state index contributed by atoms with van der Waals surface area (Å²) in [6.07, 6.45) is 0.592. The molecule has 0 saturated carbocycles. The van der Waals surface area contributed by atoms with E-state index in [4.69, 9.17) is 18.9 Å². The summed E-state index contributed by atoms with van der Waals surface area (Å²) >= 11 is 0. The monoisotopic (exact) mass is 368 g/mol. The first-order valence-electron chi connectivity index (χ1n) is 8.60. The lowest BCUT2D eigenvalue weighted by Crippen LogP contribution is -2.24. The first-order chi connectivity index (χ1) is 13.1. The van der Waals surface area contributed by atoms with E-state index >= 15 is 0 Å². The van der Waals surface area contributed by atoms with Crippen molar-refractivity contribution in [1.82, 2.24) is 5.01 Å². The number of amides is 1. The van der Waals surface area contributed by atoms with Crippen LogP contribution in [0.3, 0.4) is 0 Å². The Bertz CT molecular complexity index is 925. The van der Waals surface area contributed by atoms with Gasteiger partial charge < -0.3 is 18.9 Å². The molecule has 0 radical (unpaired) electrons. The zero-order valence-electron chi connectivity index (χ0n) is 15.4. The van der Waals surface area contributed by atoms with E-state index in [1.54, 1.807) is 14.2 Å². The largest absolute Gasteiger partial charge is 0.493 e. The number of carbonyl (C=O) groups excluding carboxylic acids is 1. The SMILES string of the molecule is COc1ccc([C@H]2CC(c3ccc4c(c3)OCO4)=NN2C(C)=O)cc1OC. The molecule has 2 aliphatic rings. The van der Waals surface area contributed by atoms with Crippen LogP contribution in [-0.2, 0) is 4.79 Å². The first kappa shape index (κ1) is 17.2. The van der Waals surface area contributed by atoms with Crippen LogP contribution in [0.5, 0.6) is 23.0 Å². The summed E-state index contributed by atoms with van der Waals surface area (Å²) < 4.78 is 21.5. The molecule has 4 rings (SSSR count). The maximum absolute atomic E-state index is 12.2. The third kappa shape index (κ3) is 3.05. The number of hydrazone groups is 1. The average Bonchev–Trinajstić information content (AvgIpc) is 3.33. The van der Waals surface area contributed by atoms with Crippen molar-refractivity contribution >= 4 is 11.6 Å². The number of rotatable bonds is 4. The lowest BCUT2D eigenvalue weighted by Gasteiger charge is -2.21. The molecule has 7 nitrogen and oxygen atoms in total. The first-order valence-corrected chi connectivity index (χ1v) is 8.60. The summed E-state index contributed by atoms with van der Waals surface area (Å²) in [5.41, 5.74) is 2.67. The smallest absolute Gasteiger partial charge is 0.240 e. The Balaban J connectivity index is 1.67. The molecular formula is C20H20N2O5. The molecule has 27 heavy (non-hydrogen) atoms. The van der Waals surface area contributed by atoms with Crippen molar-refractivity contribution in [2.24, 2.45) is 5.10 Å². The van der Waals surface area contributed by atoms with Crippen LogP contribution < -0.4 is 18.9 Å². The molecule has 2 aliphatic heterocycles. The van der Waals surface area contributed by atoms with Gasteiger partial charge in [-0.25, -0.2) is 5.01 Å². The molecule has 0 saturated heterocycles. The lowest BCUT2D eigenvalue weighted by atomic mass is 9.98. The average molecular weight is 368 g/mol. The molecule has 1 amide bonds. The van der Waals surface area contributed by atoms with Gasteiger partial charge in [-0.1, -0.05) is 6.07 Å². The van der Waals surface area contributed by atoms with Crippen molar-refractivity contribution in [2.75, 3.05) is 21.0 Å². The quantitative estimate of drug-likeness (QED) is 0.829. The van der Waals surface area contributed by atoms with Gasteiger partial charge in [0.15, 0.2) is 23.0 Å². The topological polar surface area (TPSA) is 69.6 Å². The predicted molar refractivity (Wildman–Crippen MR) is 98.5 cm³/mol. The van der Waals surface area contributed by atoms with E-state index in [2.05, 4.69) is 5.10 Å². The molecule has 0 unspecified atom stereocenters. The Morgan fingerprint density at radius 2 is 1.85 bits per heavy atom. The van der Waals surface area contributed by atoms with Crippen LogP contribution in [0, 0.1) is 0 Å². The van der Waals surface area contributed by atoms with Crippen molar-refractivity contribution < 1.29 is 23.7 Å². The number of hydrogen-bond donors (Lipinski definition) is 0. The second kappa shape index (κ2) is 6.83. The standard InChI is InChI=1S/C20H20N2O5/c1-12(23)22-16(14-5-6-17(24-2)19(9-14)25-3)10-15(21-22)13-4-7-18-20(8-13)27-11-26-18/h4-9,16H,10-11H2,1-3H3/t16-/m1/s1. The van der Waals surface area contributed by atoms with E-state index in [1.807, 2.05) is 36.4 Å². The van der Waals surface area contributed by atoms with Crippen LogP contribution in [0.2, 0.25) is 0 Å². The van der Waals surface area contributed by atoms with Gasteiger partial charge >= 0.3 is 0 Å². The minimum Gasteiger partial charge on any atom is -0.493 e. The number of carbonyl (C=O) groups is 1. The molecule has 2 heterocycles. The summed E-state index contributed by atoms with van der Waals surface area (Å²) in [6.45, 7) is 1.74. The maximum Gasteiger partial charge on any atom is 0.240 e. The zero-order chi connectivity index (χ0) is 19.0. The highest BCUT2D eigenvalue weighted by atomic mass is 16.7. The molecule has 2 aromatic rings. The molecule has 0 spiro atoms. The molecule has 0 aliphatic carbocycles. The molecule has 1 atom stereocenters. The van der Waals surface area contributed by atoms with Crippen molar-refractivity contribution in [1.29, 1.82) is 0 Å². The van der Waals surface area contributed by atoms with Crippen LogP contribution in [0.25, 0.3) is 0 Å². The molecule has 7 heteroatoms. The van der Waals surface area contributed by atoms with E-state index in [0.29, 0.717) is 23.7 Å². The Hall–Kier alpha value is -3.22. The highest BCUT2D eigenvalue weighted by Gasteiger charge is 2.32. The molecule has 0 fully saturated rings. The summed E-state index contributed by atoms with van der Waals surface area (Å²) in [6, 6.07) is 11.1. The molecular weight excluding hydrogens is 348 g/mol. The zero-order valence-corrected chi connectivity index (χ0v) is 15.4. The Morgan fingerprint density at radius 1 is 1.07 bits per heavy atom. The van der Waals surface area contributed by atoms with E-state index in [0.717, 1.165) is 22.6 Å². The molecule has 2 aromatic carbocycles. The summed E-state index contributed by atoms with van der Waals surface area (Å²) in [5, 5.41) is 6.09. The van der Waals surface area contributed by atoms with Crippen molar-refractivity contribution in [3.8, 4) is 23.0 Å². The van der Waals surface area contributed by atoms with Crippen LogP contribution in [0.15, 0.2) is 41.5 Å². The number of benzene rings is 2. The summed E-state index contributed by atoms with van der Waals surface area (Å²) in [5.74, 6) is 2.56. The second-order valence-corrected chi connectivity index (χ2v) is 6.31. The highest BCUT2D eigenvalue weighted by Crippen LogP contribution is 2.39. The molecule has 140 valence electrons. The number of fused-ring (bicyclic) bond motifs is 1. The van der Waals surface area contributed by atoms with Crippen LogP contribution in [0.4, 0.5) is 0 Å². The predicted octanol–water partition coefficient (Wildman–Crippen LogP) is 3.13. The van der Waals surface area contributed by atoms with Gasteiger partial charge in [-0.2, -0.15) is 5.10 Å². The number of ether oxygens (including phenoxy) is 4. The fourth-order valence-corrected chi connectivity index (χ4v) is 3.37. The van der Waals surface area contributed by atoms with Gasteiger partial charge in [-0.3, -0.25) is 4.79 Å².